The zero-order valence-electron chi connectivity index (χ0n) is 17.3. The summed E-state index contributed by atoms with van der Waals surface area (Å²) >= 11 is 0. The van der Waals surface area contributed by atoms with Crippen LogP contribution in [0.25, 0.3) is 22.2 Å². The fourth-order valence-corrected chi connectivity index (χ4v) is 4.07. The zero-order chi connectivity index (χ0) is 22.1. The minimum Gasteiger partial charge on any atom is -0.366 e. The number of halogens is 3. The van der Waals surface area contributed by atoms with Crippen molar-refractivity contribution in [2.24, 2.45) is 0 Å². The number of anilines is 2. The van der Waals surface area contributed by atoms with Gasteiger partial charge >= 0.3 is 6.18 Å². The molecule has 1 aliphatic heterocycles. The standard InChI is InChI=1S/C25H21F3N4/c26-25(27,28)20-10-11-23(29-17-20)32-14-12-31(13-15-32)22-16-19-8-4-5-9-21(19)30-24(22)18-6-2-1-3-7-18/h1-11,16-17H,12-15H2. The van der Waals surface area contributed by atoms with E-state index in [1.54, 1.807) is 0 Å². The number of pyridine rings is 2. The Morgan fingerprint density at radius 3 is 2.12 bits per heavy atom. The molecule has 3 heterocycles. The second-order valence-electron chi connectivity index (χ2n) is 7.79. The molecule has 4 aromatic rings. The van der Waals surface area contributed by atoms with E-state index in [0.29, 0.717) is 18.9 Å². The summed E-state index contributed by atoms with van der Waals surface area (Å²) in [7, 11) is 0. The summed E-state index contributed by atoms with van der Waals surface area (Å²) in [6.07, 6.45) is -3.47. The van der Waals surface area contributed by atoms with Gasteiger partial charge in [-0.2, -0.15) is 13.2 Å². The molecule has 4 nitrogen and oxygen atoms in total. The molecule has 32 heavy (non-hydrogen) atoms. The Kier molecular flexibility index (Phi) is 5.17. The molecule has 0 N–H and O–H groups in total. The number of para-hydroxylation sites is 1. The van der Waals surface area contributed by atoms with Gasteiger partial charge in [0.1, 0.15) is 5.82 Å². The fraction of sp³-hybridized carbons (Fsp3) is 0.200. The summed E-state index contributed by atoms with van der Waals surface area (Å²) in [6.45, 7) is 2.78. The molecule has 0 unspecified atom stereocenters. The number of benzene rings is 2. The molecule has 0 amide bonds. The van der Waals surface area contributed by atoms with Crippen LogP contribution in [-0.2, 0) is 6.18 Å². The van der Waals surface area contributed by atoms with Crippen molar-refractivity contribution in [3.05, 3.63) is 84.6 Å². The molecule has 0 bridgehead atoms. The normalized spacial score (nSPS) is 14.7. The van der Waals surface area contributed by atoms with Crippen molar-refractivity contribution in [3.63, 3.8) is 0 Å². The zero-order valence-corrected chi connectivity index (χ0v) is 17.3. The van der Waals surface area contributed by atoms with Crippen molar-refractivity contribution in [1.29, 1.82) is 0 Å². The lowest BCUT2D eigenvalue weighted by molar-refractivity contribution is -0.137. The van der Waals surface area contributed by atoms with Crippen LogP contribution in [0.4, 0.5) is 24.7 Å². The second-order valence-corrected chi connectivity index (χ2v) is 7.79. The number of hydrogen-bond acceptors (Lipinski definition) is 4. The summed E-state index contributed by atoms with van der Waals surface area (Å²) in [5, 5.41) is 1.08. The molecule has 1 saturated heterocycles. The van der Waals surface area contributed by atoms with Gasteiger partial charge in [0.2, 0.25) is 0 Å². The first-order chi connectivity index (χ1) is 15.5. The fourth-order valence-electron chi connectivity index (χ4n) is 4.07. The van der Waals surface area contributed by atoms with Crippen molar-refractivity contribution < 1.29 is 13.2 Å². The second kappa shape index (κ2) is 8.15. The van der Waals surface area contributed by atoms with E-state index in [9.17, 15) is 13.2 Å². The van der Waals surface area contributed by atoms with Gasteiger partial charge in [0.25, 0.3) is 0 Å². The quantitative estimate of drug-likeness (QED) is 0.418. The minimum absolute atomic E-state index is 0.567. The van der Waals surface area contributed by atoms with Crippen LogP contribution in [0.5, 0.6) is 0 Å². The number of rotatable bonds is 3. The number of alkyl halides is 3. The molecule has 5 rings (SSSR count). The Labute approximate surface area is 184 Å². The Hall–Kier alpha value is -3.61. The minimum atomic E-state index is -4.37. The number of hydrogen-bond donors (Lipinski definition) is 0. The topological polar surface area (TPSA) is 32.3 Å². The SMILES string of the molecule is FC(F)(F)c1ccc(N2CCN(c3cc4ccccc4nc3-c3ccccc3)CC2)nc1. The molecule has 7 heteroatoms. The van der Waals surface area contributed by atoms with Crippen LogP contribution in [0, 0.1) is 0 Å². The van der Waals surface area contributed by atoms with E-state index in [4.69, 9.17) is 4.98 Å². The maximum Gasteiger partial charge on any atom is 0.417 e. The van der Waals surface area contributed by atoms with Crippen LogP contribution >= 0.6 is 0 Å². The Morgan fingerprint density at radius 1 is 0.750 bits per heavy atom. The highest BCUT2D eigenvalue weighted by molar-refractivity contribution is 5.89. The lowest BCUT2D eigenvalue weighted by Gasteiger charge is -2.37. The average molecular weight is 434 g/mol. The highest BCUT2D eigenvalue weighted by Crippen LogP contribution is 2.34. The van der Waals surface area contributed by atoms with Crippen molar-refractivity contribution in [2.75, 3.05) is 36.0 Å². The third-order valence-electron chi connectivity index (χ3n) is 5.77. The number of piperazine rings is 1. The number of nitrogens with zero attached hydrogens (tertiary/aromatic N) is 4. The predicted molar refractivity (Wildman–Crippen MR) is 121 cm³/mol. The maximum atomic E-state index is 12.8. The number of aromatic nitrogens is 2. The van der Waals surface area contributed by atoms with Gasteiger partial charge in [-0.3, -0.25) is 0 Å². The first kappa shape index (κ1) is 20.3. The van der Waals surface area contributed by atoms with Gasteiger partial charge in [-0.15, -0.1) is 0 Å². The summed E-state index contributed by atoms with van der Waals surface area (Å²) < 4.78 is 38.5. The van der Waals surface area contributed by atoms with Gasteiger partial charge in [0.15, 0.2) is 0 Å². The smallest absolute Gasteiger partial charge is 0.366 e. The van der Waals surface area contributed by atoms with Gasteiger partial charge in [-0.25, -0.2) is 9.97 Å². The van der Waals surface area contributed by atoms with E-state index < -0.39 is 11.7 Å². The molecule has 162 valence electrons. The van der Waals surface area contributed by atoms with Gasteiger partial charge in [0.05, 0.1) is 22.5 Å². The van der Waals surface area contributed by atoms with Gasteiger partial charge < -0.3 is 9.80 Å². The summed E-state index contributed by atoms with van der Waals surface area (Å²) in [5.41, 5.74) is 3.28. The van der Waals surface area contributed by atoms with E-state index in [-0.39, 0.29) is 0 Å². The molecule has 0 atom stereocenters. The highest BCUT2D eigenvalue weighted by atomic mass is 19.4. The van der Waals surface area contributed by atoms with Crippen molar-refractivity contribution in [1.82, 2.24) is 9.97 Å². The van der Waals surface area contributed by atoms with Gasteiger partial charge in [-0.1, -0.05) is 48.5 Å². The Balaban J connectivity index is 1.41. The average Bonchev–Trinajstić information content (AvgIpc) is 2.83. The van der Waals surface area contributed by atoms with Crippen LogP contribution in [0.15, 0.2) is 79.0 Å². The third kappa shape index (κ3) is 3.98. The van der Waals surface area contributed by atoms with E-state index >= 15 is 0 Å². The molecule has 0 aliphatic carbocycles. The van der Waals surface area contributed by atoms with Crippen LogP contribution < -0.4 is 9.80 Å². The van der Waals surface area contributed by atoms with Crippen LogP contribution in [0.3, 0.4) is 0 Å². The lowest BCUT2D eigenvalue weighted by Crippen LogP contribution is -2.47. The number of fused-ring (bicyclic) bond motifs is 1. The van der Waals surface area contributed by atoms with Crippen molar-refractivity contribution >= 4 is 22.4 Å². The highest BCUT2D eigenvalue weighted by Gasteiger charge is 2.31. The third-order valence-corrected chi connectivity index (χ3v) is 5.77. The lowest BCUT2D eigenvalue weighted by atomic mass is 10.1. The Bertz CT molecular complexity index is 1220. The molecular formula is C25H21F3N4. The summed E-state index contributed by atoms with van der Waals surface area (Å²) in [5.74, 6) is 0.567. The summed E-state index contributed by atoms with van der Waals surface area (Å²) in [6, 6.07) is 22.9. The molecule has 1 aliphatic rings. The van der Waals surface area contributed by atoms with Gasteiger partial charge in [-0.05, 0) is 24.3 Å². The van der Waals surface area contributed by atoms with E-state index in [1.807, 2.05) is 41.3 Å². The Morgan fingerprint density at radius 2 is 1.44 bits per heavy atom. The van der Waals surface area contributed by atoms with E-state index in [1.165, 1.54) is 6.07 Å². The van der Waals surface area contributed by atoms with E-state index in [2.05, 4.69) is 34.1 Å². The van der Waals surface area contributed by atoms with Crippen molar-refractivity contribution in [2.45, 2.75) is 6.18 Å². The van der Waals surface area contributed by atoms with Crippen molar-refractivity contribution in [3.8, 4) is 11.3 Å². The van der Waals surface area contributed by atoms with E-state index in [0.717, 1.165) is 53.2 Å². The monoisotopic (exact) mass is 434 g/mol. The first-order valence-corrected chi connectivity index (χ1v) is 10.5. The largest absolute Gasteiger partial charge is 0.417 e. The molecule has 2 aromatic heterocycles. The molecule has 0 spiro atoms. The molecule has 0 radical (unpaired) electrons. The first-order valence-electron chi connectivity index (χ1n) is 10.5. The van der Waals surface area contributed by atoms with Crippen LogP contribution in [0.1, 0.15) is 5.56 Å². The van der Waals surface area contributed by atoms with Crippen LogP contribution in [0.2, 0.25) is 0 Å². The summed E-state index contributed by atoms with van der Waals surface area (Å²) in [4.78, 5) is 13.3. The molecule has 1 fully saturated rings. The molecule has 0 saturated carbocycles. The maximum absolute atomic E-state index is 12.8. The predicted octanol–water partition coefficient (Wildman–Crippen LogP) is 5.64. The molecule has 2 aromatic carbocycles. The van der Waals surface area contributed by atoms with Crippen LogP contribution in [-0.4, -0.2) is 36.1 Å². The molecular weight excluding hydrogens is 413 g/mol. The van der Waals surface area contributed by atoms with Gasteiger partial charge in [0, 0.05) is 43.3 Å².